The van der Waals surface area contributed by atoms with Gasteiger partial charge in [-0.15, -0.1) is 0 Å². The van der Waals surface area contributed by atoms with Gasteiger partial charge in [-0.3, -0.25) is 0 Å². The van der Waals surface area contributed by atoms with E-state index in [2.05, 4.69) is 15.3 Å². The molecular weight excluding hydrogens is 358 g/mol. The van der Waals surface area contributed by atoms with E-state index < -0.39 is 0 Å². The molecule has 2 aromatic carbocycles. The summed E-state index contributed by atoms with van der Waals surface area (Å²) in [4.78, 5) is 9.46. The fraction of sp³-hybridized carbons (Fsp3) is 0.167. The Kier molecular flexibility index (Phi) is 5.70. The van der Waals surface area contributed by atoms with Crippen molar-refractivity contribution in [3.05, 3.63) is 58.9 Å². The Balaban J connectivity index is 1.62. The summed E-state index contributed by atoms with van der Waals surface area (Å²) >= 11 is 6.14. The van der Waals surface area contributed by atoms with Crippen molar-refractivity contribution >= 4 is 17.8 Å². The molecule has 3 rings (SSSR count). The third-order valence-corrected chi connectivity index (χ3v) is 3.70. The molecule has 0 saturated heterocycles. The number of oxime groups is 1. The van der Waals surface area contributed by atoms with E-state index >= 15 is 0 Å². The first-order valence-corrected chi connectivity index (χ1v) is 8.04. The molecule has 0 spiro atoms. The van der Waals surface area contributed by atoms with Crippen LogP contribution in [0.3, 0.4) is 0 Å². The van der Waals surface area contributed by atoms with Crippen LogP contribution in [0.4, 0.5) is 0 Å². The van der Waals surface area contributed by atoms with Crippen LogP contribution >= 0.6 is 11.6 Å². The van der Waals surface area contributed by atoms with E-state index in [1.165, 1.54) is 20.4 Å². The largest absolute Gasteiger partial charge is 0.493 e. The molecule has 3 aromatic rings. The lowest BCUT2D eigenvalue weighted by molar-refractivity contribution is 0.107. The van der Waals surface area contributed by atoms with Gasteiger partial charge in [0.2, 0.25) is 5.82 Å². The first-order chi connectivity index (χ1) is 12.7. The first kappa shape index (κ1) is 17.8. The van der Waals surface area contributed by atoms with Crippen molar-refractivity contribution in [1.82, 2.24) is 10.1 Å². The molecule has 134 valence electrons. The predicted molar refractivity (Wildman–Crippen MR) is 96.7 cm³/mol. The maximum atomic E-state index is 6.14. The van der Waals surface area contributed by atoms with Crippen LogP contribution in [0.15, 0.2) is 52.1 Å². The molecular formula is C18H16ClN3O4. The fourth-order valence-electron chi connectivity index (χ4n) is 2.22. The second-order valence-electron chi connectivity index (χ2n) is 5.12. The van der Waals surface area contributed by atoms with E-state index in [1.54, 1.807) is 12.1 Å². The quantitative estimate of drug-likeness (QED) is 0.460. The Labute approximate surface area is 155 Å². The van der Waals surface area contributed by atoms with Crippen molar-refractivity contribution in [2.24, 2.45) is 5.16 Å². The SMILES string of the molecule is COc1cc(/C=N\OCc2nc(-c3ccccc3)no2)cc(Cl)c1OC. The Hall–Kier alpha value is -3.06. The summed E-state index contributed by atoms with van der Waals surface area (Å²) in [6.07, 6.45) is 1.50. The van der Waals surface area contributed by atoms with Crippen LogP contribution in [0.1, 0.15) is 11.5 Å². The number of halogens is 1. The molecule has 26 heavy (non-hydrogen) atoms. The summed E-state index contributed by atoms with van der Waals surface area (Å²) in [6, 6.07) is 12.9. The Morgan fingerprint density at radius 3 is 2.69 bits per heavy atom. The van der Waals surface area contributed by atoms with Crippen molar-refractivity contribution in [3.8, 4) is 22.9 Å². The van der Waals surface area contributed by atoms with Crippen LogP contribution in [0.25, 0.3) is 11.4 Å². The van der Waals surface area contributed by atoms with E-state index in [-0.39, 0.29) is 6.61 Å². The summed E-state index contributed by atoms with van der Waals surface area (Å²) in [7, 11) is 3.06. The summed E-state index contributed by atoms with van der Waals surface area (Å²) in [5, 5.41) is 8.21. The van der Waals surface area contributed by atoms with Crippen molar-refractivity contribution in [2.45, 2.75) is 6.61 Å². The lowest BCUT2D eigenvalue weighted by atomic mass is 10.2. The van der Waals surface area contributed by atoms with Gasteiger partial charge in [-0.05, 0) is 12.1 Å². The van der Waals surface area contributed by atoms with Crippen LogP contribution in [-0.2, 0) is 11.4 Å². The van der Waals surface area contributed by atoms with Gasteiger partial charge in [0.1, 0.15) is 0 Å². The zero-order chi connectivity index (χ0) is 18.4. The van der Waals surface area contributed by atoms with Gasteiger partial charge in [0, 0.05) is 11.1 Å². The lowest BCUT2D eigenvalue weighted by Gasteiger charge is -2.09. The normalized spacial score (nSPS) is 10.9. The first-order valence-electron chi connectivity index (χ1n) is 7.66. The van der Waals surface area contributed by atoms with Crippen molar-refractivity contribution in [1.29, 1.82) is 0 Å². The van der Waals surface area contributed by atoms with Gasteiger partial charge >= 0.3 is 0 Å². The van der Waals surface area contributed by atoms with Crippen LogP contribution < -0.4 is 9.47 Å². The molecule has 1 aromatic heterocycles. The number of benzene rings is 2. The molecule has 0 aliphatic heterocycles. The van der Waals surface area contributed by atoms with Crippen LogP contribution in [-0.4, -0.2) is 30.6 Å². The zero-order valence-electron chi connectivity index (χ0n) is 14.2. The lowest BCUT2D eigenvalue weighted by Crippen LogP contribution is -1.94. The van der Waals surface area contributed by atoms with E-state index in [0.717, 1.165) is 5.56 Å². The highest BCUT2D eigenvalue weighted by atomic mass is 35.5. The van der Waals surface area contributed by atoms with Gasteiger partial charge in [0.15, 0.2) is 18.1 Å². The van der Waals surface area contributed by atoms with Crippen LogP contribution in [0.2, 0.25) is 5.02 Å². The Bertz CT molecular complexity index is 897. The molecule has 0 saturated carbocycles. The Morgan fingerprint density at radius 2 is 1.96 bits per heavy atom. The van der Waals surface area contributed by atoms with E-state index in [0.29, 0.717) is 33.8 Å². The number of aromatic nitrogens is 2. The summed E-state index contributed by atoms with van der Waals surface area (Å²) in [5.41, 5.74) is 1.56. The zero-order valence-corrected chi connectivity index (χ0v) is 14.9. The number of rotatable bonds is 7. The molecule has 0 unspecified atom stereocenters. The highest BCUT2D eigenvalue weighted by molar-refractivity contribution is 6.32. The van der Waals surface area contributed by atoms with Gasteiger partial charge in [-0.2, -0.15) is 4.98 Å². The van der Waals surface area contributed by atoms with Crippen molar-refractivity contribution < 1.29 is 18.8 Å². The molecule has 1 heterocycles. The molecule has 0 aliphatic rings. The molecule has 0 bridgehead atoms. The standard InChI is InChI=1S/C18H16ClN3O4/c1-23-15-9-12(8-14(19)17(15)24-2)10-20-25-11-16-21-18(22-26-16)13-6-4-3-5-7-13/h3-10H,11H2,1-2H3/b20-10-. The second-order valence-corrected chi connectivity index (χ2v) is 5.53. The smallest absolute Gasteiger partial charge is 0.267 e. The predicted octanol–water partition coefficient (Wildman–Crippen LogP) is 3.96. The van der Waals surface area contributed by atoms with Crippen LogP contribution in [0, 0.1) is 0 Å². The third-order valence-electron chi connectivity index (χ3n) is 3.42. The average molecular weight is 374 g/mol. The number of hydrogen-bond donors (Lipinski definition) is 0. The summed E-state index contributed by atoms with van der Waals surface area (Å²) in [5.74, 6) is 1.79. The van der Waals surface area contributed by atoms with Crippen molar-refractivity contribution in [2.75, 3.05) is 14.2 Å². The molecule has 0 radical (unpaired) electrons. The molecule has 0 amide bonds. The molecule has 8 heteroatoms. The van der Waals surface area contributed by atoms with Gasteiger partial charge in [0.25, 0.3) is 5.89 Å². The highest BCUT2D eigenvalue weighted by Gasteiger charge is 2.10. The number of methoxy groups -OCH3 is 2. The second kappa shape index (κ2) is 8.35. The molecule has 0 atom stereocenters. The Morgan fingerprint density at radius 1 is 1.15 bits per heavy atom. The molecule has 0 fully saturated rings. The highest BCUT2D eigenvalue weighted by Crippen LogP contribution is 2.35. The number of hydrogen-bond acceptors (Lipinski definition) is 7. The molecule has 0 aliphatic carbocycles. The van der Waals surface area contributed by atoms with Gasteiger partial charge in [0.05, 0.1) is 25.5 Å². The van der Waals surface area contributed by atoms with Crippen molar-refractivity contribution in [3.63, 3.8) is 0 Å². The maximum absolute atomic E-state index is 6.14. The van der Waals surface area contributed by atoms with E-state index in [9.17, 15) is 0 Å². The monoisotopic (exact) mass is 373 g/mol. The van der Waals surface area contributed by atoms with Gasteiger partial charge in [-0.25, -0.2) is 0 Å². The number of ether oxygens (including phenoxy) is 2. The fourth-order valence-corrected chi connectivity index (χ4v) is 2.52. The van der Waals surface area contributed by atoms with E-state index in [4.69, 9.17) is 30.4 Å². The van der Waals surface area contributed by atoms with Gasteiger partial charge in [-0.1, -0.05) is 52.2 Å². The van der Waals surface area contributed by atoms with E-state index in [1.807, 2.05) is 30.3 Å². The maximum Gasteiger partial charge on any atom is 0.267 e. The van der Waals surface area contributed by atoms with Crippen LogP contribution in [0.5, 0.6) is 11.5 Å². The third kappa shape index (κ3) is 4.12. The minimum Gasteiger partial charge on any atom is -0.493 e. The minimum atomic E-state index is 0.0529. The summed E-state index contributed by atoms with van der Waals surface area (Å²) in [6.45, 7) is 0.0529. The minimum absolute atomic E-state index is 0.0529. The molecule has 0 N–H and O–H groups in total. The topological polar surface area (TPSA) is 79.0 Å². The molecule has 7 nitrogen and oxygen atoms in total. The average Bonchev–Trinajstić information content (AvgIpc) is 3.14. The summed E-state index contributed by atoms with van der Waals surface area (Å²) < 4.78 is 15.6. The number of nitrogens with zero attached hydrogens (tertiary/aromatic N) is 3. The van der Waals surface area contributed by atoms with Gasteiger partial charge < -0.3 is 18.8 Å².